The topological polar surface area (TPSA) is 55.3 Å². The van der Waals surface area contributed by atoms with E-state index in [0.29, 0.717) is 26.3 Å². The number of ether oxygens (including phenoxy) is 1. The number of anilines is 1. The number of nitrogens with one attached hydrogen (secondary N) is 2. The number of hydrogen-bond acceptors (Lipinski definition) is 5. The summed E-state index contributed by atoms with van der Waals surface area (Å²) >= 11 is 13.0. The van der Waals surface area contributed by atoms with Gasteiger partial charge in [0.1, 0.15) is 29.2 Å². The smallest absolute Gasteiger partial charge is 0.267 e. The van der Waals surface area contributed by atoms with E-state index in [1.54, 1.807) is 0 Å². The fourth-order valence-corrected chi connectivity index (χ4v) is 5.04. The Kier molecular flexibility index (Phi) is 5.70. The number of carbonyl (C=O) groups is 1. The van der Waals surface area contributed by atoms with Gasteiger partial charge in [-0.15, -0.1) is 0 Å². The third-order valence-electron chi connectivity index (χ3n) is 5.15. The summed E-state index contributed by atoms with van der Waals surface area (Å²) in [6.07, 6.45) is -0.383. The van der Waals surface area contributed by atoms with Crippen LogP contribution in [0.2, 0.25) is 5.02 Å². The van der Waals surface area contributed by atoms with Gasteiger partial charge < -0.3 is 15.4 Å². The molecule has 0 radical (unpaired) electrons. The Morgan fingerprint density at radius 2 is 1.69 bits per heavy atom. The molecule has 1 amide bonds. The van der Waals surface area contributed by atoms with Crippen LogP contribution in [-0.2, 0) is 6.61 Å². The highest BCUT2D eigenvalue weighted by atomic mass is 35.5. The lowest BCUT2D eigenvalue weighted by atomic mass is 10.1. The van der Waals surface area contributed by atoms with Crippen LogP contribution >= 0.6 is 35.2 Å². The van der Waals surface area contributed by atoms with Gasteiger partial charge in [-0.25, -0.2) is 0 Å². The summed E-state index contributed by atoms with van der Waals surface area (Å²) in [5, 5.41) is 7.12. The molecule has 0 unspecified atom stereocenters. The minimum Gasteiger partial charge on any atom is -0.489 e. The lowest BCUT2D eigenvalue weighted by molar-refractivity contribution is 0.0939. The van der Waals surface area contributed by atoms with Crippen molar-refractivity contribution in [1.82, 2.24) is 9.88 Å². The molecule has 5 rings (SSSR count). The third-order valence-corrected chi connectivity index (χ3v) is 6.89. The van der Waals surface area contributed by atoms with Crippen LogP contribution in [0.5, 0.6) is 5.75 Å². The van der Waals surface area contributed by atoms with Crippen molar-refractivity contribution < 1.29 is 9.53 Å². The van der Waals surface area contributed by atoms with Crippen LogP contribution in [0.25, 0.3) is 5.69 Å². The number of benzene rings is 3. The van der Waals surface area contributed by atoms with E-state index in [1.807, 2.05) is 83.4 Å². The molecule has 2 heterocycles. The number of hydrogen-bond donors (Lipinski definition) is 2. The molecule has 1 atom stereocenters. The first-order chi connectivity index (χ1) is 15.6. The van der Waals surface area contributed by atoms with Crippen molar-refractivity contribution >= 4 is 46.9 Å². The van der Waals surface area contributed by atoms with E-state index in [-0.39, 0.29) is 12.1 Å². The Labute approximate surface area is 199 Å². The van der Waals surface area contributed by atoms with Gasteiger partial charge in [0.15, 0.2) is 3.95 Å². The molecule has 160 valence electrons. The van der Waals surface area contributed by atoms with Crippen molar-refractivity contribution in [2.24, 2.45) is 0 Å². The largest absolute Gasteiger partial charge is 0.489 e. The van der Waals surface area contributed by atoms with Gasteiger partial charge >= 0.3 is 0 Å². The molecule has 1 aliphatic rings. The molecule has 0 bridgehead atoms. The van der Waals surface area contributed by atoms with Gasteiger partial charge in [-0.2, -0.15) is 0 Å². The average Bonchev–Trinajstić information content (AvgIpc) is 3.16. The van der Waals surface area contributed by atoms with Crippen molar-refractivity contribution in [2.75, 3.05) is 5.32 Å². The van der Waals surface area contributed by atoms with E-state index in [0.717, 1.165) is 22.6 Å². The zero-order valence-electron chi connectivity index (χ0n) is 16.7. The van der Waals surface area contributed by atoms with E-state index in [2.05, 4.69) is 10.6 Å². The summed E-state index contributed by atoms with van der Waals surface area (Å²) in [5.74, 6) is 1.28. The second-order valence-electron chi connectivity index (χ2n) is 7.22. The molecule has 0 saturated carbocycles. The Morgan fingerprint density at radius 3 is 2.44 bits per heavy atom. The molecule has 8 heteroatoms. The zero-order chi connectivity index (χ0) is 22.1. The highest BCUT2D eigenvalue weighted by Gasteiger charge is 2.29. The normalized spacial score (nSPS) is 14.9. The molecule has 1 aliphatic heterocycles. The molecule has 3 aromatic carbocycles. The van der Waals surface area contributed by atoms with E-state index >= 15 is 0 Å². The van der Waals surface area contributed by atoms with Crippen LogP contribution in [0, 0.1) is 3.95 Å². The highest BCUT2D eigenvalue weighted by molar-refractivity contribution is 7.73. The SMILES string of the molecule is O=C1N[C@H](c2ccc(OCc3ccccc3Cl)cc2)Nc2c1sc(=S)n2-c1ccccc1. The number of halogens is 1. The van der Waals surface area contributed by atoms with Crippen LogP contribution in [-0.4, -0.2) is 10.5 Å². The number of rotatable bonds is 5. The summed E-state index contributed by atoms with van der Waals surface area (Å²) < 4.78 is 8.39. The van der Waals surface area contributed by atoms with Gasteiger partial charge in [-0.3, -0.25) is 9.36 Å². The maximum atomic E-state index is 12.8. The summed E-state index contributed by atoms with van der Waals surface area (Å²) in [5.41, 5.74) is 2.75. The van der Waals surface area contributed by atoms with Crippen molar-refractivity contribution in [3.8, 4) is 11.4 Å². The third kappa shape index (κ3) is 4.02. The highest BCUT2D eigenvalue weighted by Crippen LogP contribution is 2.34. The van der Waals surface area contributed by atoms with E-state index in [4.69, 9.17) is 28.6 Å². The van der Waals surface area contributed by atoms with Crippen LogP contribution in [0.3, 0.4) is 0 Å². The Balaban J connectivity index is 1.37. The molecular formula is C24H18ClN3O2S2. The van der Waals surface area contributed by atoms with Crippen LogP contribution in [0.15, 0.2) is 78.9 Å². The molecule has 0 fully saturated rings. The van der Waals surface area contributed by atoms with Gasteiger partial charge in [0.2, 0.25) is 0 Å². The number of fused-ring (bicyclic) bond motifs is 1. The predicted octanol–water partition coefficient (Wildman–Crippen LogP) is 6.35. The van der Waals surface area contributed by atoms with Crippen molar-refractivity contribution in [3.05, 3.63) is 104 Å². The Bertz CT molecular complexity index is 1330. The lowest BCUT2D eigenvalue weighted by Crippen LogP contribution is -2.38. The van der Waals surface area contributed by atoms with Crippen molar-refractivity contribution in [1.29, 1.82) is 0 Å². The van der Waals surface area contributed by atoms with Gasteiger partial charge in [0.05, 0.1) is 0 Å². The average molecular weight is 480 g/mol. The Hall–Kier alpha value is -3.13. The van der Waals surface area contributed by atoms with Crippen molar-refractivity contribution in [2.45, 2.75) is 12.8 Å². The fourth-order valence-electron chi connectivity index (χ4n) is 3.54. The van der Waals surface area contributed by atoms with E-state index in [9.17, 15) is 4.79 Å². The second kappa shape index (κ2) is 8.78. The first-order valence-corrected chi connectivity index (χ1v) is 11.6. The van der Waals surface area contributed by atoms with Gasteiger partial charge in [0, 0.05) is 16.3 Å². The van der Waals surface area contributed by atoms with Crippen LogP contribution in [0.4, 0.5) is 5.82 Å². The number of thiazole rings is 1. The number of carbonyl (C=O) groups excluding carboxylic acids is 1. The molecule has 0 saturated heterocycles. The van der Waals surface area contributed by atoms with Gasteiger partial charge in [0.25, 0.3) is 5.91 Å². The molecule has 1 aromatic heterocycles. The quantitative estimate of drug-likeness (QED) is 0.327. The van der Waals surface area contributed by atoms with Crippen LogP contribution < -0.4 is 15.4 Å². The molecule has 4 aromatic rings. The molecule has 5 nitrogen and oxygen atoms in total. The monoisotopic (exact) mass is 479 g/mol. The first-order valence-electron chi connectivity index (χ1n) is 9.95. The van der Waals surface area contributed by atoms with E-state index < -0.39 is 0 Å². The fraction of sp³-hybridized carbons (Fsp3) is 0.0833. The van der Waals surface area contributed by atoms with Crippen LogP contribution in [0.1, 0.15) is 27.0 Å². The standard InChI is InChI=1S/C24H18ClN3O2S2/c25-19-9-5-4-6-16(19)14-30-18-12-10-15(11-13-18)21-26-22-20(23(29)27-21)32-24(31)28(22)17-7-2-1-3-8-17/h1-13,21,26H,14H2,(H,27,29)/t21-/m1/s1. The minimum absolute atomic E-state index is 0.145. The number of para-hydroxylation sites is 1. The second-order valence-corrected chi connectivity index (χ2v) is 9.27. The Morgan fingerprint density at radius 1 is 0.969 bits per heavy atom. The molecule has 2 N–H and O–H groups in total. The summed E-state index contributed by atoms with van der Waals surface area (Å²) in [7, 11) is 0. The molecule has 0 spiro atoms. The van der Waals surface area contributed by atoms with E-state index in [1.165, 1.54) is 11.3 Å². The first kappa shape index (κ1) is 20.8. The maximum Gasteiger partial charge on any atom is 0.267 e. The summed E-state index contributed by atoms with van der Waals surface area (Å²) in [6.45, 7) is 0.383. The maximum absolute atomic E-state index is 12.8. The number of nitrogens with zero attached hydrogens (tertiary/aromatic N) is 1. The summed E-state index contributed by atoms with van der Waals surface area (Å²) in [4.78, 5) is 13.4. The predicted molar refractivity (Wildman–Crippen MR) is 131 cm³/mol. The lowest BCUT2D eigenvalue weighted by Gasteiger charge is -2.27. The van der Waals surface area contributed by atoms with Gasteiger partial charge in [-0.1, -0.05) is 71.5 Å². The molecule has 0 aliphatic carbocycles. The zero-order valence-corrected chi connectivity index (χ0v) is 19.1. The molecular weight excluding hydrogens is 462 g/mol. The molecule has 32 heavy (non-hydrogen) atoms. The van der Waals surface area contributed by atoms with Crippen molar-refractivity contribution in [3.63, 3.8) is 0 Å². The summed E-state index contributed by atoms with van der Waals surface area (Å²) in [6, 6.07) is 25.0. The number of amides is 1. The minimum atomic E-state index is -0.383. The van der Waals surface area contributed by atoms with Gasteiger partial charge in [-0.05, 0) is 48.1 Å². The number of aromatic nitrogens is 1.